The molecule has 2 saturated carbocycles. The van der Waals surface area contributed by atoms with E-state index in [0.29, 0.717) is 42.8 Å². The average molecular weight is 543 g/mol. The van der Waals surface area contributed by atoms with Crippen LogP contribution in [-0.2, 0) is 13.1 Å². The number of imidazole rings is 1. The molecule has 2 aliphatic carbocycles. The van der Waals surface area contributed by atoms with Gasteiger partial charge >= 0.3 is 0 Å². The number of ether oxygens (including phenoxy) is 1. The van der Waals surface area contributed by atoms with Gasteiger partial charge in [0.2, 0.25) is 0 Å². The quantitative estimate of drug-likeness (QED) is 0.362. The number of amides is 1. The molecule has 3 fully saturated rings. The highest BCUT2D eigenvalue weighted by Crippen LogP contribution is 2.42. The molecule has 3 aliphatic rings. The smallest absolute Gasteiger partial charge is 0.254 e. The maximum Gasteiger partial charge on any atom is 0.254 e. The molecule has 0 unspecified atom stereocenters. The van der Waals surface area contributed by atoms with Crippen LogP contribution < -0.4 is 10.5 Å². The Hall–Kier alpha value is -3.43. The average Bonchev–Trinajstić information content (AvgIpc) is 3.58. The van der Waals surface area contributed by atoms with Crippen molar-refractivity contribution in [1.29, 1.82) is 0 Å². The summed E-state index contributed by atoms with van der Waals surface area (Å²) in [6.07, 6.45) is 7.66. The first-order valence-corrected chi connectivity index (χ1v) is 14.6. The van der Waals surface area contributed by atoms with Crippen LogP contribution in [0.1, 0.15) is 55.8 Å². The van der Waals surface area contributed by atoms with Gasteiger partial charge in [0.25, 0.3) is 5.91 Å². The molecule has 4 aromatic rings. The number of fused-ring (bicyclic) bond motifs is 2. The standard InChI is InChI=1S/C31H38N6O3/c1-31(39)14-20(15-31)17-37-27-24(11-22(13-26(27)40-2)30(38)35-10-4-6-23(32)18-35)34-29(37)25-12-21-5-3-9-33-28(21)36(25)16-19-7-8-19/h3,5,9,11-13,19-20,23,39H,4,6-8,10,14-18,32H2,1-2H3/t20?,23-,31?/m1/s1. The number of benzene rings is 1. The predicted molar refractivity (Wildman–Crippen MR) is 154 cm³/mol. The SMILES string of the molecule is COc1cc(C(=O)N2CCC[C@@H](N)C2)cc2nc(-c3cc4cccnc4n3CC3CC3)n(CC3CC(C)(O)C3)c12. The van der Waals surface area contributed by atoms with Crippen LogP contribution in [0, 0.1) is 11.8 Å². The summed E-state index contributed by atoms with van der Waals surface area (Å²) in [6.45, 7) is 4.80. The van der Waals surface area contributed by atoms with Crippen LogP contribution in [0.15, 0.2) is 36.5 Å². The Morgan fingerprint density at radius 2 is 1.95 bits per heavy atom. The molecule has 1 atom stereocenters. The second-order valence-electron chi connectivity index (χ2n) is 12.5. The number of pyridine rings is 1. The largest absolute Gasteiger partial charge is 0.494 e. The molecule has 0 radical (unpaired) electrons. The van der Waals surface area contributed by atoms with E-state index >= 15 is 0 Å². The summed E-state index contributed by atoms with van der Waals surface area (Å²) in [5.74, 6) is 2.43. The van der Waals surface area contributed by atoms with Crippen molar-refractivity contribution in [2.75, 3.05) is 20.2 Å². The summed E-state index contributed by atoms with van der Waals surface area (Å²) >= 11 is 0. The normalized spacial score (nSPS) is 24.9. The zero-order chi connectivity index (χ0) is 27.6. The number of methoxy groups -OCH3 is 1. The number of likely N-dealkylation sites (tertiary alicyclic amines) is 1. The number of carbonyl (C=O) groups is 1. The van der Waals surface area contributed by atoms with Crippen molar-refractivity contribution in [3.63, 3.8) is 0 Å². The van der Waals surface area contributed by atoms with Gasteiger partial charge in [0, 0.05) is 49.4 Å². The lowest BCUT2D eigenvalue weighted by atomic mass is 9.72. The van der Waals surface area contributed by atoms with Gasteiger partial charge in [0.15, 0.2) is 5.82 Å². The fraction of sp³-hybridized carbons (Fsp3) is 0.516. The van der Waals surface area contributed by atoms with Crippen LogP contribution >= 0.6 is 0 Å². The van der Waals surface area contributed by atoms with Crippen LogP contribution in [-0.4, -0.2) is 66.9 Å². The van der Waals surface area contributed by atoms with Crippen molar-refractivity contribution in [2.45, 2.75) is 70.2 Å². The van der Waals surface area contributed by atoms with E-state index in [2.05, 4.69) is 21.3 Å². The van der Waals surface area contributed by atoms with Gasteiger partial charge in [0.05, 0.1) is 23.9 Å². The van der Waals surface area contributed by atoms with Crippen LogP contribution in [0.2, 0.25) is 0 Å². The van der Waals surface area contributed by atoms with Gasteiger partial charge in [0.1, 0.15) is 16.9 Å². The molecule has 9 nitrogen and oxygen atoms in total. The number of rotatable bonds is 7. The molecule has 210 valence electrons. The molecule has 0 spiro atoms. The van der Waals surface area contributed by atoms with E-state index in [1.54, 1.807) is 7.11 Å². The second kappa shape index (κ2) is 9.59. The van der Waals surface area contributed by atoms with Gasteiger partial charge in [-0.15, -0.1) is 0 Å². The van der Waals surface area contributed by atoms with Crippen molar-refractivity contribution in [2.24, 2.45) is 17.6 Å². The fourth-order valence-corrected chi connectivity index (χ4v) is 6.85. The maximum absolute atomic E-state index is 13.6. The number of nitrogens with two attached hydrogens (primary N) is 1. The lowest BCUT2D eigenvalue weighted by Crippen LogP contribution is -2.45. The molecular weight excluding hydrogens is 504 g/mol. The van der Waals surface area contributed by atoms with Crippen molar-refractivity contribution >= 4 is 28.0 Å². The number of hydrogen-bond acceptors (Lipinski definition) is 6. The highest BCUT2D eigenvalue weighted by atomic mass is 16.5. The molecule has 9 heteroatoms. The third-order valence-electron chi connectivity index (χ3n) is 8.94. The predicted octanol–water partition coefficient (Wildman–Crippen LogP) is 4.20. The monoisotopic (exact) mass is 542 g/mol. The van der Waals surface area contributed by atoms with Crippen molar-refractivity contribution in [3.05, 3.63) is 42.1 Å². The first-order chi connectivity index (χ1) is 19.3. The zero-order valence-corrected chi connectivity index (χ0v) is 23.3. The first kappa shape index (κ1) is 25.5. The number of piperidine rings is 1. The summed E-state index contributed by atoms with van der Waals surface area (Å²) in [6, 6.07) is 10.0. The lowest BCUT2D eigenvalue weighted by molar-refractivity contribution is -0.0613. The highest BCUT2D eigenvalue weighted by Gasteiger charge is 2.39. The minimum Gasteiger partial charge on any atom is -0.494 e. The molecule has 1 aliphatic heterocycles. The molecule has 0 bridgehead atoms. The van der Waals surface area contributed by atoms with Gasteiger partial charge in [-0.05, 0) is 87.6 Å². The molecule has 3 N–H and O–H groups in total. The number of carbonyl (C=O) groups excluding carboxylic acids is 1. The molecule has 4 heterocycles. The summed E-state index contributed by atoms with van der Waals surface area (Å²) in [4.78, 5) is 25.4. The minimum atomic E-state index is -0.620. The van der Waals surface area contributed by atoms with E-state index < -0.39 is 5.60 Å². The number of nitrogens with zero attached hydrogens (tertiary/aromatic N) is 5. The molecule has 40 heavy (non-hydrogen) atoms. The second-order valence-corrected chi connectivity index (χ2v) is 12.5. The Bertz CT molecular complexity index is 1590. The van der Waals surface area contributed by atoms with E-state index in [4.69, 9.17) is 20.4 Å². The van der Waals surface area contributed by atoms with Gasteiger partial charge < -0.3 is 29.6 Å². The number of aliphatic hydroxyl groups is 1. The topological polar surface area (TPSA) is 111 Å². The molecular formula is C31H38N6O3. The summed E-state index contributed by atoms with van der Waals surface area (Å²) < 4.78 is 10.5. The Labute approximate surface area is 233 Å². The molecule has 1 amide bonds. The third-order valence-corrected chi connectivity index (χ3v) is 8.94. The Morgan fingerprint density at radius 3 is 2.67 bits per heavy atom. The lowest BCUT2D eigenvalue weighted by Gasteiger charge is -2.41. The number of aromatic nitrogens is 4. The highest BCUT2D eigenvalue weighted by molar-refractivity contribution is 6.00. The van der Waals surface area contributed by atoms with E-state index in [1.807, 2.05) is 36.2 Å². The van der Waals surface area contributed by atoms with Crippen LogP contribution in [0.25, 0.3) is 33.6 Å². The van der Waals surface area contributed by atoms with E-state index in [-0.39, 0.29) is 11.9 Å². The Balaban J connectivity index is 1.38. The maximum atomic E-state index is 13.6. The Morgan fingerprint density at radius 1 is 1.15 bits per heavy atom. The van der Waals surface area contributed by atoms with Crippen LogP contribution in [0.3, 0.4) is 0 Å². The third kappa shape index (κ3) is 4.55. The van der Waals surface area contributed by atoms with E-state index in [1.165, 1.54) is 12.8 Å². The van der Waals surface area contributed by atoms with E-state index in [9.17, 15) is 9.90 Å². The summed E-state index contributed by atoms with van der Waals surface area (Å²) in [7, 11) is 1.65. The molecule has 1 aromatic carbocycles. The van der Waals surface area contributed by atoms with Crippen LogP contribution in [0.4, 0.5) is 0 Å². The van der Waals surface area contributed by atoms with Gasteiger partial charge in [-0.25, -0.2) is 9.97 Å². The molecule has 1 saturated heterocycles. The van der Waals surface area contributed by atoms with Gasteiger partial charge in [-0.1, -0.05) is 0 Å². The fourth-order valence-electron chi connectivity index (χ4n) is 6.85. The first-order valence-electron chi connectivity index (χ1n) is 14.6. The molecule has 3 aromatic heterocycles. The number of hydrogen-bond donors (Lipinski definition) is 2. The van der Waals surface area contributed by atoms with Crippen molar-refractivity contribution < 1.29 is 14.6 Å². The molecule has 7 rings (SSSR count). The zero-order valence-electron chi connectivity index (χ0n) is 23.3. The van der Waals surface area contributed by atoms with Crippen LogP contribution in [0.5, 0.6) is 5.75 Å². The Kier molecular flexibility index (Phi) is 6.12. The van der Waals surface area contributed by atoms with Gasteiger partial charge in [-0.3, -0.25) is 4.79 Å². The van der Waals surface area contributed by atoms with Crippen molar-refractivity contribution in [1.82, 2.24) is 24.0 Å². The van der Waals surface area contributed by atoms with Gasteiger partial charge in [-0.2, -0.15) is 0 Å². The summed E-state index contributed by atoms with van der Waals surface area (Å²) in [5, 5.41) is 11.6. The minimum absolute atomic E-state index is 0.0100. The van der Waals surface area contributed by atoms with E-state index in [0.717, 1.165) is 65.8 Å². The summed E-state index contributed by atoms with van der Waals surface area (Å²) in [5.41, 5.74) is 9.75. The van der Waals surface area contributed by atoms with Crippen molar-refractivity contribution in [3.8, 4) is 17.3 Å².